The van der Waals surface area contributed by atoms with Crippen LogP contribution in [-0.4, -0.2) is 26.9 Å². The van der Waals surface area contributed by atoms with Gasteiger partial charge in [-0.2, -0.15) is 4.36 Å². The molecule has 0 unspecified atom stereocenters. The summed E-state index contributed by atoms with van der Waals surface area (Å²) in [5, 5.41) is 19.0. The highest BCUT2D eigenvalue weighted by Crippen LogP contribution is 2.17. The lowest BCUT2D eigenvalue weighted by Crippen LogP contribution is -2.13. The van der Waals surface area contributed by atoms with Crippen molar-refractivity contribution in [2.45, 2.75) is 5.75 Å². The minimum atomic E-state index is -2.97. The van der Waals surface area contributed by atoms with E-state index in [0.717, 1.165) is 0 Å². The Morgan fingerprint density at radius 3 is 2.76 bits per heavy atom. The standard InChI is InChI=1S/C9H12N2O5S/c1-17(16,10-9(12)13)6-7-3-2-4-8(5-7)11(14)15/h2-5,17H,6H2,1H3,(H,10,16)(H,12,13). The van der Waals surface area contributed by atoms with E-state index in [9.17, 15) is 19.5 Å². The molecule has 1 aromatic carbocycles. The predicted molar refractivity (Wildman–Crippen MR) is 64.6 cm³/mol. The smallest absolute Gasteiger partial charge is 0.437 e. The molecule has 0 bridgehead atoms. The highest BCUT2D eigenvalue weighted by molar-refractivity contribution is 7.98. The van der Waals surface area contributed by atoms with Gasteiger partial charge < -0.3 is 9.66 Å². The number of carboxylic acid groups (broad SMARTS) is 1. The average Bonchev–Trinajstić information content (AvgIpc) is 2.14. The van der Waals surface area contributed by atoms with Gasteiger partial charge in [0.1, 0.15) is 0 Å². The van der Waals surface area contributed by atoms with Gasteiger partial charge in [-0.05, 0) is 11.8 Å². The number of nitro groups is 1. The fraction of sp³-hybridized carbons (Fsp3) is 0.222. The third-order valence-corrected chi connectivity index (χ3v) is 3.47. The number of amides is 1. The zero-order valence-electron chi connectivity index (χ0n) is 8.98. The lowest BCUT2D eigenvalue weighted by atomic mass is 10.2. The lowest BCUT2D eigenvalue weighted by Gasteiger charge is -2.16. The van der Waals surface area contributed by atoms with E-state index in [1.807, 2.05) is 0 Å². The van der Waals surface area contributed by atoms with Crippen LogP contribution in [0.2, 0.25) is 0 Å². The first-order valence-corrected chi connectivity index (χ1v) is 6.91. The normalized spacial score (nSPS) is 11.9. The molecule has 0 radical (unpaired) electrons. The molecule has 0 aliphatic heterocycles. The Labute approximate surface area is 98.1 Å². The lowest BCUT2D eigenvalue weighted by molar-refractivity contribution is -0.384. The van der Waals surface area contributed by atoms with Crippen molar-refractivity contribution in [1.29, 1.82) is 0 Å². The second kappa shape index (κ2) is 5.02. The number of rotatable bonds is 3. The van der Waals surface area contributed by atoms with E-state index in [0.29, 0.717) is 5.56 Å². The van der Waals surface area contributed by atoms with E-state index in [-0.39, 0.29) is 11.4 Å². The molecule has 0 aliphatic rings. The fourth-order valence-corrected chi connectivity index (χ4v) is 2.66. The van der Waals surface area contributed by atoms with Crippen molar-refractivity contribution in [3.8, 4) is 0 Å². The summed E-state index contributed by atoms with van der Waals surface area (Å²) in [5.41, 5.74) is 0.389. The van der Waals surface area contributed by atoms with Gasteiger partial charge in [-0.3, -0.25) is 10.1 Å². The van der Waals surface area contributed by atoms with Gasteiger partial charge in [-0.15, -0.1) is 0 Å². The van der Waals surface area contributed by atoms with Crippen molar-refractivity contribution >= 4 is 21.9 Å². The Morgan fingerprint density at radius 1 is 1.59 bits per heavy atom. The van der Waals surface area contributed by atoms with E-state index in [1.165, 1.54) is 24.5 Å². The van der Waals surface area contributed by atoms with Crippen molar-refractivity contribution in [2.75, 3.05) is 6.26 Å². The van der Waals surface area contributed by atoms with E-state index >= 15 is 0 Å². The molecular formula is C9H12N2O5S. The molecule has 7 nitrogen and oxygen atoms in total. The number of nitro benzene ring substituents is 1. The van der Waals surface area contributed by atoms with Crippen molar-refractivity contribution in [3.63, 3.8) is 0 Å². The maximum absolute atomic E-state index is 10.5. The Bertz CT molecular complexity index is 508. The summed E-state index contributed by atoms with van der Waals surface area (Å²) in [6.07, 6.45) is -0.103. The van der Waals surface area contributed by atoms with Gasteiger partial charge in [-0.25, -0.2) is 4.79 Å². The molecule has 0 atom stereocenters. The highest BCUT2D eigenvalue weighted by atomic mass is 32.3. The molecule has 2 N–H and O–H groups in total. The summed E-state index contributed by atoms with van der Waals surface area (Å²) in [6.45, 7) is 0. The van der Waals surface area contributed by atoms with Crippen LogP contribution in [0.4, 0.5) is 10.5 Å². The molecule has 1 aromatic rings. The van der Waals surface area contributed by atoms with E-state index in [2.05, 4.69) is 4.36 Å². The molecule has 0 saturated carbocycles. The zero-order chi connectivity index (χ0) is 13.1. The zero-order valence-corrected chi connectivity index (χ0v) is 9.87. The summed E-state index contributed by atoms with van der Waals surface area (Å²) < 4.78 is 13.0. The minimum absolute atomic E-state index is 0.000972. The Kier molecular flexibility index (Phi) is 3.92. The molecule has 0 spiro atoms. The Hall–Kier alpha value is -1.80. The molecule has 8 heteroatoms. The van der Waals surface area contributed by atoms with Crippen molar-refractivity contribution in [1.82, 2.24) is 0 Å². The summed E-state index contributed by atoms with van der Waals surface area (Å²) >= 11 is 0. The number of thiol groups is 1. The van der Waals surface area contributed by atoms with Crippen molar-refractivity contribution in [3.05, 3.63) is 39.9 Å². The second-order valence-electron chi connectivity index (χ2n) is 3.56. The van der Waals surface area contributed by atoms with Gasteiger partial charge in [-0.1, -0.05) is 22.2 Å². The minimum Gasteiger partial charge on any atom is -0.463 e. The number of nitrogens with zero attached hydrogens (tertiary/aromatic N) is 2. The van der Waals surface area contributed by atoms with Crippen LogP contribution in [0.3, 0.4) is 0 Å². The Morgan fingerprint density at radius 2 is 2.24 bits per heavy atom. The number of benzene rings is 1. The molecule has 17 heavy (non-hydrogen) atoms. The first-order valence-electron chi connectivity index (χ1n) is 4.58. The quantitative estimate of drug-likeness (QED) is 0.436. The fourth-order valence-electron chi connectivity index (χ4n) is 1.33. The maximum Gasteiger partial charge on any atom is 0.437 e. The van der Waals surface area contributed by atoms with Gasteiger partial charge >= 0.3 is 6.09 Å². The predicted octanol–water partition coefficient (Wildman–Crippen LogP) is 1.95. The second-order valence-corrected chi connectivity index (χ2v) is 6.25. The van der Waals surface area contributed by atoms with Gasteiger partial charge in [0.2, 0.25) is 0 Å². The molecular weight excluding hydrogens is 248 g/mol. The first kappa shape index (κ1) is 13.3. The molecule has 0 aromatic heterocycles. The monoisotopic (exact) mass is 260 g/mol. The van der Waals surface area contributed by atoms with Crippen LogP contribution in [0.25, 0.3) is 0 Å². The summed E-state index contributed by atoms with van der Waals surface area (Å²) in [7, 11) is -2.97. The number of non-ortho nitro benzene ring substituents is 1. The van der Waals surface area contributed by atoms with Gasteiger partial charge in [0.05, 0.1) is 4.92 Å². The van der Waals surface area contributed by atoms with Gasteiger partial charge in [0.25, 0.3) is 5.69 Å². The average molecular weight is 260 g/mol. The van der Waals surface area contributed by atoms with Crippen LogP contribution >= 0.6 is 0 Å². The molecule has 0 heterocycles. The molecule has 1 rings (SSSR count). The van der Waals surface area contributed by atoms with E-state index in [1.54, 1.807) is 6.07 Å². The van der Waals surface area contributed by atoms with Crippen LogP contribution in [-0.2, 0) is 15.9 Å². The molecule has 1 amide bonds. The number of hydrogen-bond donors (Lipinski definition) is 3. The summed E-state index contributed by atoms with van der Waals surface area (Å²) in [6, 6.07) is 5.68. The largest absolute Gasteiger partial charge is 0.463 e. The van der Waals surface area contributed by atoms with Crippen LogP contribution < -0.4 is 0 Å². The van der Waals surface area contributed by atoms with Crippen LogP contribution in [0.1, 0.15) is 5.56 Å². The number of carbonyl (C=O) groups is 1. The molecule has 0 saturated heterocycles. The SMILES string of the molecule is C[SH](O)(Cc1cccc([N+](=O)[O-])c1)=NC(=O)O. The van der Waals surface area contributed by atoms with E-state index < -0.39 is 21.1 Å². The maximum atomic E-state index is 10.5. The van der Waals surface area contributed by atoms with Crippen LogP contribution in [0.5, 0.6) is 0 Å². The highest BCUT2D eigenvalue weighted by Gasteiger charge is 2.10. The topological polar surface area (TPSA) is 113 Å². The number of hydrogen-bond acceptors (Lipinski definition) is 3. The summed E-state index contributed by atoms with van der Waals surface area (Å²) in [4.78, 5) is 20.4. The van der Waals surface area contributed by atoms with Gasteiger partial charge in [0.15, 0.2) is 0 Å². The molecule has 94 valence electrons. The molecule has 0 fully saturated rings. The molecule has 0 aliphatic carbocycles. The van der Waals surface area contributed by atoms with Crippen LogP contribution in [0, 0.1) is 10.1 Å². The van der Waals surface area contributed by atoms with E-state index in [4.69, 9.17) is 5.11 Å². The van der Waals surface area contributed by atoms with Crippen molar-refractivity contribution < 1.29 is 19.4 Å². The third-order valence-electron chi connectivity index (χ3n) is 1.90. The summed E-state index contributed by atoms with van der Waals surface area (Å²) in [5.74, 6) is 0.000972. The first-order chi connectivity index (χ1) is 7.80. The van der Waals surface area contributed by atoms with Crippen molar-refractivity contribution in [2.24, 2.45) is 4.36 Å². The third kappa shape index (κ3) is 4.29. The van der Waals surface area contributed by atoms with Crippen LogP contribution in [0.15, 0.2) is 28.6 Å². The van der Waals surface area contributed by atoms with Gasteiger partial charge in [0, 0.05) is 17.9 Å². The Balaban J connectivity index is 3.00.